The lowest BCUT2D eigenvalue weighted by Gasteiger charge is -2.11. The predicted octanol–water partition coefficient (Wildman–Crippen LogP) is 3.10. The number of amides is 2. The van der Waals surface area contributed by atoms with Crippen molar-refractivity contribution < 1.29 is 19.1 Å². The van der Waals surface area contributed by atoms with Crippen molar-refractivity contribution in [2.45, 2.75) is 6.42 Å². The summed E-state index contributed by atoms with van der Waals surface area (Å²) in [5.74, 6) is -1.38. The molecule has 0 atom stereocenters. The molecule has 0 unspecified atom stereocenters. The summed E-state index contributed by atoms with van der Waals surface area (Å²) in [4.78, 5) is 22.6. The summed E-state index contributed by atoms with van der Waals surface area (Å²) in [7, 11) is 0. The Morgan fingerprint density at radius 2 is 1.67 bits per heavy atom. The van der Waals surface area contributed by atoms with E-state index < -0.39 is 17.8 Å². The summed E-state index contributed by atoms with van der Waals surface area (Å²) in [6, 6.07) is 11.4. The second kappa shape index (κ2) is 6.51. The summed E-state index contributed by atoms with van der Waals surface area (Å²) in [6.07, 6.45) is -0.187. The van der Waals surface area contributed by atoms with Crippen molar-refractivity contribution in [3.8, 4) is 0 Å². The summed E-state index contributed by atoms with van der Waals surface area (Å²) < 4.78 is 12.8. The third kappa shape index (κ3) is 4.31. The molecule has 2 amide bonds. The van der Waals surface area contributed by atoms with Crippen LogP contribution < -0.4 is 10.6 Å². The Kier molecular flexibility index (Phi) is 4.50. The number of hydrogen-bond acceptors (Lipinski definition) is 2. The number of carboxylic acids is 1. The maximum Gasteiger partial charge on any atom is 0.323 e. The van der Waals surface area contributed by atoms with E-state index in [4.69, 9.17) is 5.11 Å². The monoisotopic (exact) mass is 288 g/mol. The maximum absolute atomic E-state index is 12.8. The van der Waals surface area contributed by atoms with Crippen LogP contribution in [0.15, 0.2) is 48.5 Å². The van der Waals surface area contributed by atoms with E-state index >= 15 is 0 Å². The molecule has 0 saturated carbocycles. The fourth-order valence-electron chi connectivity index (χ4n) is 1.78. The molecule has 0 fully saturated rings. The number of anilines is 2. The van der Waals surface area contributed by atoms with Gasteiger partial charge in [-0.05, 0) is 35.9 Å². The van der Waals surface area contributed by atoms with Gasteiger partial charge in [0.05, 0.1) is 6.42 Å². The number of halogens is 1. The van der Waals surface area contributed by atoms with Crippen LogP contribution in [0, 0.1) is 5.82 Å². The first-order valence-electron chi connectivity index (χ1n) is 6.18. The Balaban J connectivity index is 2.05. The lowest BCUT2D eigenvalue weighted by atomic mass is 10.1. The van der Waals surface area contributed by atoms with Crippen molar-refractivity contribution >= 4 is 23.4 Å². The maximum atomic E-state index is 12.8. The molecule has 0 saturated heterocycles. The van der Waals surface area contributed by atoms with E-state index in [2.05, 4.69) is 10.6 Å². The fourth-order valence-corrected chi connectivity index (χ4v) is 1.78. The Morgan fingerprint density at radius 1 is 1.00 bits per heavy atom. The molecule has 108 valence electrons. The van der Waals surface area contributed by atoms with Crippen LogP contribution in [-0.2, 0) is 11.2 Å². The van der Waals surface area contributed by atoms with Gasteiger partial charge in [-0.2, -0.15) is 0 Å². The van der Waals surface area contributed by atoms with Crippen LogP contribution in [0.4, 0.5) is 20.6 Å². The van der Waals surface area contributed by atoms with E-state index in [1.165, 1.54) is 24.3 Å². The van der Waals surface area contributed by atoms with Crippen LogP contribution in [0.1, 0.15) is 5.56 Å². The molecule has 0 spiro atoms. The number of carboxylic acid groups (broad SMARTS) is 1. The van der Waals surface area contributed by atoms with Gasteiger partial charge in [-0.3, -0.25) is 4.79 Å². The zero-order valence-corrected chi connectivity index (χ0v) is 11.0. The molecule has 0 aliphatic rings. The molecule has 5 nitrogen and oxygen atoms in total. The molecular formula is C15H13FN2O3. The SMILES string of the molecule is O=C(O)Cc1ccccc1NC(=O)Nc1ccc(F)cc1. The topological polar surface area (TPSA) is 78.4 Å². The van der Waals surface area contributed by atoms with E-state index in [9.17, 15) is 14.0 Å². The average molecular weight is 288 g/mol. The zero-order chi connectivity index (χ0) is 15.2. The molecule has 2 aromatic carbocycles. The fraction of sp³-hybridized carbons (Fsp3) is 0.0667. The molecule has 0 radical (unpaired) electrons. The van der Waals surface area contributed by atoms with Crippen molar-refractivity contribution in [3.05, 3.63) is 59.9 Å². The number of aliphatic carboxylic acids is 1. The smallest absolute Gasteiger partial charge is 0.323 e. The molecule has 0 heterocycles. The van der Waals surface area contributed by atoms with Gasteiger partial charge in [0.15, 0.2) is 0 Å². The Morgan fingerprint density at radius 3 is 2.33 bits per heavy atom. The summed E-state index contributed by atoms with van der Waals surface area (Å²) in [5.41, 5.74) is 1.35. The van der Waals surface area contributed by atoms with Gasteiger partial charge in [0, 0.05) is 11.4 Å². The Labute approximate surface area is 120 Å². The number of para-hydroxylation sites is 1. The van der Waals surface area contributed by atoms with Gasteiger partial charge >= 0.3 is 12.0 Å². The van der Waals surface area contributed by atoms with Crippen LogP contribution in [0.3, 0.4) is 0 Å². The minimum atomic E-state index is -0.983. The number of urea groups is 1. The van der Waals surface area contributed by atoms with Crippen molar-refractivity contribution in [1.29, 1.82) is 0 Å². The molecule has 0 aliphatic carbocycles. The molecule has 21 heavy (non-hydrogen) atoms. The number of hydrogen-bond donors (Lipinski definition) is 3. The Bertz CT molecular complexity index is 656. The largest absolute Gasteiger partial charge is 0.481 e. The van der Waals surface area contributed by atoms with Crippen molar-refractivity contribution in [3.63, 3.8) is 0 Å². The molecule has 6 heteroatoms. The van der Waals surface area contributed by atoms with E-state index in [-0.39, 0.29) is 6.42 Å². The quantitative estimate of drug-likeness (QED) is 0.809. The molecule has 3 N–H and O–H groups in total. The highest BCUT2D eigenvalue weighted by molar-refractivity contribution is 6.00. The molecule has 2 rings (SSSR count). The van der Waals surface area contributed by atoms with Gasteiger partial charge in [0.2, 0.25) is 0 Å². The van der Waals surface area contributed by atoms with Gasteiger partial charge in [-0.1, -0.05) is 18.2 Å². The van der Waals surface area contributed by atoms with Gasteiger partial charge in [0.25, 0.3) is 0 Å². The average Bonchev–Trinajstić information content (AvgIpc) is 2.43. The van der Waals surface area contributed by atoms with Crippen LogP contribution >= 0.6 is 0 Å². The summed E-state index contributed by atoms with van der Waals surface area (Å²) >= 11 is 0. The van der Waals surface area contributed by atoms with Crippen LogP contribution in [0.2, 0.25) is 0 Å². The van der Waals surface area contributed by atoms with Crippen molar-refractivity contribution in [1.82, 2.24) is 0 Å². The van der Waals surface area contributed by atoms with Gasteiger partial charge < -0.3 is 15.7 Å². The van der Waals surface area contributed by atoms with Crippen LogP contribution in [0.5, 0.6) is 0 Å². The van der Waals surface area contributed by atoms with Crippen LogP contribution in [0.25, 0.3) is 0 Å². The summed E-state index contributed by atoms with van der Waals surface area (Å²) in [5, 5.41) is 13.9. The number of rotatable bonds is 4. The second-order valence-electron chi connectivity index (χ2n) is 4.31. The van der Waals surface area contributed by atoms with E-state index in [1.54, 1.807) is 24.3 Å². The molecule has 0 aromatic heterocycles. The van der Waals surface area contributed by atoms with E-state index in [1.807, 2.05) is 0 Å². The van der Waals surface area contributed by atoms with Crippen molar-refractivity contribution in [2.24, 2.45) is 0 Å². The first-order valence-corrected chi connectivity index (χ1v) is 6.18. The van der Waals surface area contributed by atoms with E-state index in [0.717, 1.165) is 0 Å². The van der Waals surface area contributed by atoms with Gasteiger partial charge in [0.1, 0.15) is 5.82 Å². The lowest BCUT2D eigenvalue weighted by Crippen LogP contribution is -2.20. The lowest BCUT2D eigenvalue weighted by molar-refractivity contribution is -0.136. The normalized spacial score (nSPS) is 9.95. The molecule has 0 bridgehead atoms. The number of nitrogens with one attached hydrogen (secondary N) is 2. The third-order valence-electron chi connectivity index (χ3n) is 2.71. The van der Waals surface area contributed by atoms with Crippen molar-refractivity contribution in [2.75, 3.05) is 10.6 Å². The zero-order valence-electron chi connectivity index (χ0n) is 11.0. The molecular weight excluding hydrogens is 275 g/mol. The highest BCUT2D eigenvalue weighted by atomic mass is 19.1. The Hall–Kier alpha value is -2.89. The number of carbonyl (C=O) groups excluding carboxylic acids is 1. The molecule has 0 aliphatic heterocycles. The first-order chi connectivity index (χ1) is 10.0. The highest BCUT2D eigenvalue weighted by Crippen LogP contribution is 2.16. The number of benzene rings is 2. The second-order valence-corrected chi connectivity index (χ2v) is 4.31. The first kappa shape index (κ1) is 14.5. The van der Waals surface area contributed by atoms with Gasteiger partial charge in [-0.15, -0.1) is 0 Å². The minimum Gasteiger partial charge on any atom is -0.481 e. The molecule has 2 aromatic rings. The third-order valence-corrected chi connectivity index (χ3v) is 2.71. The number of carbonyl (C=O) groups is 2. The van der Waals surface area contributed by atoms with Gasteiger partial charge in [-0.25, -0.2) is 9.18 Å². The van der Waals surface area contributed by atoms with Crippen LogP contribution in [-0.4, -0.2) is 17.1 Å². The predicted molar refractivity (Wildman–Crippen MR) is 76.8 cm³/mol. The van der Waals surface area contributed by atoms with E-state index in [0.29, 0.717) is 16.9 Å². The highest BCUT2D eigenvalue weighted by Gasteiger charge is 2.09. The summed E-state index contributed by atoms with van der Waals surface area (Å²) in [6.45, 7) is 0. The standard InChI is InChI=1S/C15H13FN2O3/c16-11-5-7-12(8-6-11)17-15(21)18-13-4-2-1-3-10(13)9-14(19)20/h1-8H,9H2,(H,19,20)(H2,17,18,21). The minimum absolute atomic E-state index is 0.187.